The summed E-state index contributed by atoms with van der Waals surface area (Å²) >= 11 is 4.41. The van der Waals surface area contributed by atoms with Crippen LogP contribution in [0, 0.1) is 5.82 Å². The van der Waals surface area contributed by atoms with Crippen molar-refractivity contribution in [1.29, 1.82) is 0 Å². The number of hydrogen-bond donors (Lipinski definition) is 3. The number of nitrogens with one attached hydrogen (secondary N) is 2. The van der Waals surface area contributed by atoms with Crippen molar-refractivity contribution in [2.24, 2.45) is 0 Å². The Balaban J connectivity index is 1.56. The van der Waals surface area contributed by atoms with Crippen molar-refractivity contribution in [3.8, 4) is 11.1 Å². The fraction of sp³-hybridized carbons (Fsp3) is 0.258. The molecule has 0 aliphatic carbocycles. The van der Waals surface area contributed by atoms with Crippen LogP contribution in [0.15, 0.2) is 83.8 Å². The molecule has 1 aromatic heterocycles. The van der Waals surface area contributed by atoms with Crippen LogP contribution in [0.5, 0.6) is 0 Å². The van der Waals surface area contributed by atoms with E-state index in [1.165, 1.54) is 30.3 Å². The van der Waals surface area contributed by atoms with Crippen LogP contribution in [0.4, 0.5) is 4.39 Å². The average Bonchev–Trinajstić information content (AvgIpc) is 3.35. The Morgan fingerprint density at radius 3 is 2.36 bits per heavy atom. The molecule has 0 aliphatic rings. The van der Waals surface area contributed by atoms with Crippen LogP contribution in [-0.4, -0.2) is 41.8 Å². The van der Waals surface area contributed by atoms with Crippen molar-refractivity contribution in [1.82, 2.24) is 19.8 Å². The molecule has 8 nitrogen and oxygen atoms in total. The standard InChI is InChI=1S/C31H33FN4O4S2/c1-3-9-25-18-29(31(38)33-24(20-41)16-22-10-5-4-6-11-22)34-36(25)19-23-14-15-26(28(32)17-23)27-12-7-8-13-30(27)42(39,40)35-21(2)37/h4-8,10-15,17-18,24,41H,3,9,16,19-20H2,1-2H3,(H,33,38)(H,35,37)/t24-/m1/s1. The molecule has 3 aromatic carbocycles. The SMILES string of the molecule is CCCc1cc(C(=O)N[C@@H](CS)Cc2ccccc2)nn1Cc1ccc(-c2ccccc2S(=O)(=O)NC(C)=O)c(F)c1. The van der Waals surface area contributed by atoms with Crippen LogP contribution >= 0.6 is 12.6 Å². The first-order valence-corrected chi connectivity index (χ1v) is 15.7. The van der Waals surface area contributed by atoms with Gasteiger partial charge in [-0.2, -0.15) is 17.7 Å². The molecule has 0 saturated carbocycles. The molecule has 11 heteroatoms. The lowest BCUT2D eigenvalue weighted by Gasteiger charge is -2.16. The lowest BCUT2D eigenvalue weighted by molar-refractivity contribution is -0.117. The number of aromatic nitrogens is 2. The van der Waals surface area contributed by atoms with Gasteiger partial charge in [0.2, 0.25) is 5.91 Å². The van der Waals surface area contributed by atoms with Crippen molar-refractivity contribution in [3.63, 3.8) is 0 Å². The lowest BCUT2D eigenvalue weighted by Crippen LogP contribution is -2.38. The van der Waals surface area contributed by atoms with E-state index >= 15 is 4.39 Å². The summed E-state index contributed by atoms with van der Waals surface area (Å²) in [6.45, 7) is 3.33. The highest BCUT2D eigenvalue weighted by Crippen LogP contribution is 2.30. The molecule has 0 radical (unpaired) electrons. The van der Waals surface area contributed by atoms with E-state index in [-0.39, 0.29) is 40.2 Å². The van der Waals surface area contributed by atoms with Crippen LogP contribution in [-0.2, 0) is 34.2 Å². The Labute approximate surface area is 250 Å². The van der Waals surface area contributed by atoms with Gasteiger partial charge in [-0.1, -0.05) is 74.0 Å². The molecule has 1 heterocycles. The Morgan fingerprint density at radius 1 is 0.976 bits per heavy atom. The van der Waals surface area contributed by atoms with E-state index in [4.69, 9.17) is 0 Å². The van der Waals surface area contributed by atoms with E-state index < -0.39 is 21.7 Å². The minimum Gasteiger partial charge on any atom is -0.347 e. The Morgan fingerprint density at radius 2 is 1.69 bits per heavy atom. The topological polar surface area (TPSA) is 110 Å². The van der Waals surface area contributed by atoms with E-state index in [2.05, 4.69) is 23.0 Å². The maximum Gasteiger partial charge on any atom is 0.272 e. The summed E-state index contributed by atoms with van der Waals surface area (Å²) in [6.07, 6.45) is 2.14. The van der Waals surface area contributed by atoms with E-state index in [0.717, 1.165) is 24.6 Å². The molecule has 0 unspecified atom stereocenters. The highest BCUT2D eigenvalue weighted by molar-refractivity contribution is 7.90. The van der Waals surface area contributed by atoms with Gasteiger partial charge in [0.15, 0.2) is 0 Å². The minimum absolute atomic E-state index is 0.0776. The molecular weight excluding hydrogens is 575 g/mol. The highest BCUT2D eigenvalue weighted by atomic mass is 32.2. The Bertz CT molecular complexity index is 1670. The van der Waals surface area contributed by atoms with Crippen molar-refractivity contribution in [3.05, 3.63) is 107 Å². The Kier molecular flexibility index (Phi) is 10.2. The first-order valence-electron chi connectivity index (χ1n) is 13.5. The van der Waals surface area contributed by atoms with Gasteiger partial charge in [-0.3, -0.25) is 14.3 Å². The quantitative estimate of drug-likeness (QED) is 0.201. The first kappa shape index (κ1) is 31.0. The number of benzene rings is 3. The summed E-state index contributed by atoms with van der Waals surface area (Å²) < 4.78 is 44.4. The molecule has 2 N–H and O–H groups in total. The molecule has 1 atom stereocenters. The van der Waals surface area contributed by atoms with Crippen molar-refractivity contribution in [2.45, 2.75) is 50.6 Å². The predicted octanol–water partition coefficient (Wildman–Crippen LogP) is 4.79. The summed E-state index contributed by atoms with van der Waals surface area (Å²) in [4.78, 5) is 24.3. The monoisotopic (exact) mass is 608 g/mol. The van der Waals surface area contributed by atoms with Gasteiger partial charge < -0.3 is 5.32 Å². The largest absolute Gasteiger partial charge is 0.347 e. The van der Waals surface area contributed by atoms with Gasteiger partial charge in [0.05, 0.1) is 11.4 Å². The number of sulfonamides is 1. The molecule has 0 spiro atoms. The minimum atomic E-state index is -4.18. The van der Waals surface area contributed by atoms with Gasteiger partial charge in [0, 0.05) is 35.5 Å². The maximum absolute atomic E-state index is 15.4. The summed E-state index contributed by atoms with van der Waals surface area (Å²) in [5.74, 6) is -1.21. The van der Waals surface area contributed by atoms with Gasteiger partial charge >= 0.3 is 0 Å². The van der Waals surface area contributed by atoms with Crippen LogP contribution in [0.1, 0.15) is 47.6 Å². The van der Waals surface area contributed by atoms with Gasteiger partial charge in [0.1, 0.15) is 11.5 Å². The molecule has 2 amide bonds. The number of carbonyl (C=O) groups is 2. The summed E-state index contributed by atoms with van der Waals surface area (Å²) in [6, 6.07) is 21.8. The number of thiol groups is 1. The molecule has 0 fully saturated rings. The maximum atomic E-state index is 15.4. The summed E-state index contributed by atoms with van der Waals surface area (Å²) in [7, 11) is -4.18. The first-order chi connectivity index (χ1) is 20.1. The third kappa shape index (κ3) is 7.65. The third-order valence-corrected chi connectivity index (χ3v) is 8.53. The van der Waals surface area contributed by atoms with Crippen molar-refractivity contribution < 1.29 is 22.4 Å². The van der Waals surface area contributed by atoms with E-state index in [1.807, 2.05) is 42.0 Å². The molecule has 4 rings (SSSR count). The zero-order valence-electron chi connectivity index (χ0n) is 23.4. The van der Waals surface area contributed by atoms with Crippen molar-refractivity contribution in [2.75, 3.05) is 5.75 Å². The molecule has 42 heavy (non-hydrogen) atoms. The van der Waals surface area contributed by atoms with Gasteiger partial charge in [-0.25, -0.2) is 17.5 Å². The fourth-order valence-corrected chi connectivity index (χ4v) is 6.13. The van der Waals surface area contributed by atoms with Crippen LogP contribution in [0.25, 0.3) is 11.1 Å². The second-order valence-corrected chi connectivity index (χ2v) is 12.0. The summed E-state index contributed by atoms with van der Waals surface area (Å²) in [5.41, 5.74) is 3.00. The highest BCUT2D eigenvalue weighted by Gasteiger charge is 2.22. The van der Waals surface area contributed by atoms with Crippen LogP contribution in [0.2, 0.25) is 0 Å². The van der Waals surface area contributed by atoms with E-state index in [1.54, 1.807) is 22.9 Å². The second-order valence-electron chi connectivity index (χ2n) is 9.94. The normalized spacial score (nSPS) is 12.1. The zero-order valence-corrected chi connectivity index (χ0v) is 25.1. The third-order valence-electron chi connectivity index (χ3n) is 6.59. The number of hydrogen-bond acceptors (Lipinski definition) is 6. The zero-order chi connectivity index (χ0) is 30.3. The van der Waals surface area contributed by atoms with Gasteiger partial charge in [0.25, 0.3) is 15.9 Å². The average molecular weight is 609 g/mol. The smallest absolute Gasteiger partial charge is 0.272 e. The lowest BCUT2D eigenvalue weighted by atomic mass is 10.0. The number of amides is 2. The number of rotatable bonds is 12. The molecule has 0 bridgehead atoms. The summed E-state index contributed by atoms with van der Waals surface area (Å²) in [5, 5.41) is 7.56. The van der Waals surface area contributed by atoms with E-state index in [0.29, 0.717) is 24.2 Å². The molecule has 0 aliphatic heterocycles. The predicted molar refractivity (Wildman–Crippen MR) is 163 cm³/mol. The molecule has 0 saturated heterocycles. The molecule has 220 valence electrons. The molecule has 4 aromatic rings. The number of aryl methyl sites for hydroxylation is 1. The van der Waals surface area contributed by atoms with Crippen LogP contribution in [0.3, 0.4) is 0 Å². The van der Waals surface area contributed by atoms with Gasteiger partial charge in [-0.15, -0.1) is 0 Å². The van der Waals surface area contributed by atoms with E-state index in [9.17, 15) is 18.0 Å². The number of halogens is 1. The Hall–Kier alpha value is -3.96. The molecular formula is C31H33FN4O4S2. The van der Waals surface area contributed by atoms with Gasteiger partial charge in [-0.05, 0) is 42.2 Å². The number of nitrogens with zero attached hydrogens (tertiary/aromatic N) is 2. The number of carbonyl (C=O) groups excluding carboxylic acids is 2. The second kappa shape index (κ2) is 13.8. The fourth-order valence-electron chi connectivity index (χ4n) is 4.70. The van der Waals surface area contributed by atoms with Crippen LogP contribution < -0.4 is 10.0 Å². The van der Waals surface area contributed by atoms with Crippen molar-refractivity contribution >= 4 is 34.5 Å².